The molecule has 1 heterocycles. The summed E-state index contributed by atoms with van der Waals surface area (Å²) < 4.78 is 5.18. The molecular formula is C20H23NO2. The Morgan fingerprint density at radius 3 is 2.48 bits per heavy atom. The highest BCUT2D eigenvalue weighted by Crippen LogP contribution is 2.30. The monoisotopic (exact) mass is 309 g/mol. The van der Waals surface area contributed by atoms with E-state index in [0.717, 1.165) is 25.1 Å². The van der Waals surface area contributed by atoms with Crippen molar-refractivity contribution in [2.75, 3.05) is 13.7 Å². The Morgan fingerprint density at radius 2 is 1.83 bits per heavy atom. The fourth-order valence-corrected chi connectivity index (χ4v) is 3.29. The molecular weight excluding hydrogens is 286 g/mol. The van der Waals surface area contributed by atoms with E-state index in [0.29, 0.717) is 0 Å². The van der Waals surface area contributed by atoms with Gasteiger partial charge in [0.25, 0.3) is 0 Å². The van der Waals surface area contributed by atoms with Crippen molar-refractivity contribution in [2.24, 2.45) is 5.92 Å². The lowest BCUT2D eigenvalue weighted by Gasteiger charge is -2.25. The first kappa shape index (κ1) is 15.6. The Labute approximate surface area is 137 Å². The molecule has 0 N–H and O–H groups in total. The number of nitrogens with zero attached hydrogens (tertiary/aromatic N) is 1. The van der Waals surface area contributed by atoms with E-state index in [1.54, 1.807) is 7.11 Å². The Balaban J connectivity index is 1.66. The second-order valence-corrected chi connectivity index (χ2v) is 6.16. The molecule has 1 saturated heterocycles. The van der Waals surface area contributed by atoms with Gasteiger partial charge in [0.2, 0.25) is 5.91 Å². The molecule has 0 bridgehead atoms. The van der Waals surface area contributed by atoms with Crippen LogP contribution >= 0.6 is 0 Å². The smallest absolute Gasteiger partial charge is 0.226 e. The van der Waals surface area contributed by atoms with E-state index in [-0.39, 0.29) is 17.9 Å². The number of hydrogen-bond donors (Lipinski definition) is 0. The van der Waals surface area contributed by atoms with Crippen LogP contribution < -0.4 is 4.74 Å². The molecule has 0 saturated carbocycles. The van der Waals surface area contributed by atoms with Gasteiger partial charge in [0.05, 0.1) is 13.2 Å². The van der Waals surface area contributed by atoms with Crippen LogP contribution in [-0.4, -0.2) is 24.5 Å². The van der Waals surface area contributed by atoms with E-state index in [1.807, 2.05) is 35.2 Å². The Hall–Kier alpha value is -2.29. The lowest BCUT2D eigenvalue weighted by Crippen LogP contribution is -2.30. The number of rotatable bonds is 5. The minimum Gasteiger partial charge on any atom is -0.497 e. The summed E-state index contributed by atoms with van der Waals surface area (Å²) in [5.41, 5.74) is 2.39. The molecule has 2 aromatic carbocycles. The number of amides is 1. The molecule has 3 heteroatoms. The van der Waals surface area contributed by atoms with Crippen LogP contribution in [0.1, 0.15) is 30.5 Å². The quantitative estimate of drug-likeness (QED) is 0.839. The van der Waals surface area contributed by atoms with Gasteiger partial charge in [-0.2, -0.15) is 0 Å². The van der Waals surface area contributed by atoms with Gasteiger partial charge in [0.15, 0.2) is 0 Å². The zero-order valence-electron chi connectivity index (χ0n) is 13.7. The Bertz CT molecular complexity index is 651. The Kier molecular flexibility index (Phi) is 4.65. The second-order valence-electron chi connectivity index (χ2n) is 6.16. The van der Waals surface area contributed by atoms with Crippen molar-refractivity contribution < 1.29 is 9.53 Å². The zero-order chi connectivity index (χ0) is 16.2. The van der Waals surface area contributed by atoms with Gasteiger partial charge in [-0.3, -0.25) is 4.79 Å². The van der Waals surface area contributed by atoms with Crippen LogP contribution in [0.4, 0.5) is 0 Å². The van der Waals surface area contributed by atoms with Crippen LogP contribution in [0.15, 0.2) is 54.6 Å². The predicted octanol–water partition coefficient (Wildman–Crippen LogP) is 3.85. The van der Waals surface area contributed by atoms with Crippen molar-refractivity contribution >= 4 is 5.91 Å². The standard InChI is InChI=1S/C20H23NO2/c1-15(17-6-4-3-5-7-17)21-13-12-18(20(21)22)14-16-8-10-19(23-2)11-9-16/h3-11,15,18H,12-14H2,1-2H3/t15-,18+/m0/s1. The SMILES string of the molecule is COc1ccc(C[C@H]2CCN([C@@H](C)c3ccccc3)C2=O)cc1. The molecule has 0 radical (unpaired) electrons. The lowest BCUT2D eigenvalue weighted by atomic mass is 9.98. The normalized spacial score (nSPS) is 19.0. The Morgan fingerprint density at radius 1 is 1.13 bits per heavy atom. The largest absolute Gasteiger partial charge is 0.497 e. The highest BCUT2D eigenvalue weighted by molar-refractivity contribution is 5.81. The number of methoxy groups -OCH3 is 1. The molecule has 1 amide bonds. The first-order chi connectivity index (χ1) is 11.2. The van der Waals surface area contributed by atoms with Gasteiger partial charge in [-0.15, -0.1) is 0 Å². The average molecular weight is 309 g/mol. The van der Waals surface area contributed by atoms with Crippen molar-refractivity contribution in [3.05, 3.63) is 65.7 Å². The molecule has 0 spiro atoms. The summed E-state index contributed by atoms with van der Waals surface area (Å²) in [6, 6.07) is 18.4. The van der Waals surface area contributed by atoms with Crippen LogP contribution in [0.3, 0.4) is 0 Å². The molecule has 0 unspecified atom stereocenters. The average Bonchev–Trinajstić information content (AvgIpc) is 2.96. The van der Waals surface area contributed by atoms with Gasteiger partial charge in [-0.1, -0.05) is 42.5 Å². The van der Waals surface area contributed by atoms with Gasteiger partial charge in [0, 0.05) is 12.5 Å². The fraction of sp³-hybridized carbons (Fsp3) is 0.350. The van der Waals surface area contributed by atoms with Crippen LogP contribution in [0.25, 0.3) is 0 Å². The van der Waals surface area contributed by atoms with Crippen molar-refractivity contribution in [1.82, 2.24) is 4.90 Å². The van der Waals surface area contributed by atoms with E-state index in [4.69, 9.17) is 4.74 Å². The third kappa shape index (κ3) is 3.39. The number of likely N-dealkylation sites (tertiary alicyclic amines) is 1. The maximum absolute atomic E-state index is 12.7. The first-order valence-electron chi connectivity index (χ1n) is 8.17. The molecule has 2 atom stereocenters. The highest BCUT2D eigenvalue weighted by atomic mass is 16.5. The highest BCUT2D eigenvalue weighted by Gasteiger charge is 2.34. The minimum atomic E-state index is 0.0922. The summed E-state index contributed by atoms with van der Waals surface area (Å²) in [4.78, 5) is 14.8. The number of ether oxygens (including phenoxy) is 1. The first-order valence-corrected chi connectivity index (χ1v) is 8.17. The molecule has 0 aromatic heterocycles. The molecule has 3 nitrogen and oxygen atoms in total. The lowest BCUT2D eigenvalue weighted by molar-refractivity contribution is -0.132. The van der Waals surface area contributed by atoms with Crippen LogP contribution in [0.2, 0.25) is 0 Å². The van der Waals surface area contributed by atoms with Crippen LogP contribution in [0.5, 0.6) is 5.75 Å². The number of carbonyl (C=O) groups is 1. The van der Waals surface area contributed by atoms with Crippen LogP contribution in [-0.2, 0) is 11.2 Å². The predicted molar refractivity (Wildman–Crippen MR) is 91.4 cm³/mol. The molecule has 1 aliphatic rings. The third-order valence-corrected chi connectivity index (χ3v) is 4.74. The van der Waals surface area contributed by atoms with Crippen molar-refractivity contribution in [1.29, 1.82) is 0 Å². The molecule has 1 fully saturated rings. The zero-order valence-corrected chi connectivity index (χ0v) is 13.7. The van der Waals surface area contributed by atoms with Crippen molar-refractivity contribution in [3.63, 3.8) is 0 Å². The molecule has 23 heavy (non-hydrogen) atoms. The summed E-state index contributed by atoms with van der Waals surface area (Å²) in [7, 11) is 1.67. The summed E-state index contributed by atoms with van der Waals surface area (Å²) in [5, 5.41) is 0. The van der Waals surface area contributed by atoms with Gasteiger partial charge in [-0.05, 0) is 43.0 Å². The number of benzene rings is 2. The summed E-state index contributed by atoms with van der Waals surface area (Å²) in [6.07, 6.45) is 1.74. The second kappa shape index (κ2) is 6.86. The van der Waals surface area contributed by atoms with Crippen LogP contribution in [0, 0.1) is 5.92 Å². The van der Waals surface area contributed by atoms with E-state index >= 15 is 0 Å². The summed E-state index contributed by atoms with van der Waals surface area (Å²) in [6.45, 7) is 2.96. The van der Waals surface area contributed by atoms with Gasteiger partial charge in [-0.25, -0.2) is 0 Å². The van der Waals surface area contributed by atoms with Gasteiger partial charge >= 0.3 is 0 Å². The third-order valence-electron chi connectivity index (χ3n) is 4.74. The summed E-state index contributed by atoms with van der Waals surface area (Å²) in [5.74, 6) is 1.22. The molecule has 3 rings (SSSR count). The maximum Gasteiger partial charge on any atom is 0.226 e. The fourth-order valence-electron chi connectivity index (χ4n) is 3.29. The molecule has 0 aliphatic carbocycles. The molecule has 1 aliphatic heterocycles. The van der Waals surface area contributed by atoms with Gasteiger partial charge < -0.3 is 9.64 Å². The molecule has 120 valence electrons. The van der Waals surface area contributed by atoms with E-state index in [1.165, 1.54) is 11.1 Å². The molecule has 2 aromatic rings. The van der Waals surface area contributed by atoms with E-state index in [2.05, 4.69) is 31.2 Å². The van der Waals surface area contributed by atoms with Gasteiger partial charge in [0.1, 0.15) is 5.75 Å². The topological polar surface area (TPSA) is 29.5 Å². The van der Waals surface area contributed by atoms with Crippen molar-refractivity contribution in [2.45, 2.75) is 25.8 Å². The number of hydrogen-bond acceptors (Lipinski definition) is 2. The van der Waals surface area contributed by atoms with Crippen molar-refractivity contribution in [3.8, 4) is 5.75 Å². The maximum atomic E-state index is 12.7. The van der Waals surface area contributed by atoms with E-state index < -0.39 is 0 Å². The number of carbonyl (C=O) groups excluding carboxylic acids is 1. The minimum absolute atomic E-state index is 0.0922. The summed E-state index contributed by atoms with van der Waals surface area (Å²) >= 11 is 0. The van der Waals surface area contributed by atoms with E-state index in [9.17, 15) is 4.79 Å².